The molecule has 0 saturated heterocycles. The second-order valence-corrected chi connectivity index (χ2v) is 41.0. The molecule has 0 saturated carbocycles. The van der Waals surface area contributed by atoms with Gasteiger partial charge in [-0.2, -0.15) is 0 Å². The number of fused-ring (bicyclic) bond motifs is 2. The maximum Gasteiger partial charge on any atom is -0.147 e. The molecule has 0 spiro atoms. The van der Waals surface area contributed by atoms with Gasteiger partial charge in [-0.25, -0.2) is 0 Å². The maximum absolute atomic E-state index is 3.55. The minimum Gasteiger partial charge on any atom is -0.147 e. The van der Waals surface area contributed by atoms with Crippen LogP contribution in [0.5, 0.6) is 0 Å². The molecule has 2 aliphatic carbocycles. The molecular weight excluding hydrogens is 623 g/mol. The Morgan fingerprint density at radius 2 is 0.900 bits per heavy atom. The van der Waals surface area contributed by atoms with E-state index in [9.17, 15) is 0 Å². The van der Waals surface area contributed by atoms with Crippen LogP contribution in [0.4, 0.5) is 0 Å². The van der Waals surface area contributed by atoms with Crippen molar-refractivity contribution in [3.05, 3.63) is 126 Å². The Kier molecular flexibility index (Phi) is 8.55. The summed E-state index contributed by atoms with van der Waals surface area (Å²) in [5.74, 6) is 0.937. The van der Waals surface area contributed by atoms with Crippen LogP contribution in [-0.2, 0) is 17.4 Å². The van der Waals surface area contributed by atoms with E-state index in [1.807, 2.05) is 0 Å². The molecule has 0 N–H and O–H groups in total. The molecule has 0 amide bonds. The number of rotatable bonds is 4. The molecule has 0 aliphatic heterocycles. The van der Waals surface area contributed by atoms with Crippen LogP contribution < -0.4 is 0 Å². The van der Waals surface area contributed by atoms with Crippen LogP contribution in [0, 0.1) is 11.8 Å². The molecule has 2 unspecified atom stereocenters. The van der Waals surface area contributed by atoms with E-state index in [0.29, 0.717) is 11.8 Å². The fourth-order valence-electron chi connectivity index (χ4n) is 8.20. The van der Waals surface area contributed by atoms with Crippen molar-refractivity contribution >= 4 is 64.4 Å². The van der Waals surface area contributed by atoms with Crippen molar-refractivity contribution in [3.63, 3.8) is 0 Å². The quantitative estimate of drug-likeness (QED) is 0.191. The van der Waals surface area contributed by atoms with Crippen LogP contribution in [0.1, 0.15) is 38.8 Å². The molecule has 40 heavy (non-hydrogen) atoms. The van der Waals surface area contributed by atoms with Crippen LogP contribution in [0.2, 0.25) is 9.26 Å². The first kappa shape index (κ1) is 31.0. The second kappa shape index (κ2) is 11.0. The largest absolute Gasteiger partial charge is 0.147 e. The molecule has 4 aromatic carbocycles. The van der Waals surface area contributed by atoms with Crippen LogP contribution in [-0.4, -0.2) is 6.88 Å². The van der Waals surface area contributed by atoms with Crippen molar-refractivity contribution in [3.8, 4) is 0 Å². The van der Waals surface area contributed by atoms with Crippen LogP contribution >= 0.6 is 24.8 Å². The predicted molar refractivity (Wildman–Crippen MR) is 182 cm³/mol. The second-order valence-electron chi connectivity index (χ2n) is 12.6. The van der Waals surface area contributed by atoms with Gasteiger partial charge >= 0.3 is 232 Å². The first-order chi connectivity index (χ1) is 18.1. The summed E-state index contributed by atoms with van der Waals surface area (Å²) in [4.78, 5) is 0. The molecule has 6 rings (SSSR count). The zero-order valence-electron chi connectivity index (χ0n) is 24.4. The average molecular weight is 663 g/mol. The van der Waals surface area contributed by atoms with E-state index in [1.165, 1.54) is 55.0 Å². The van der Waals surface area contributed by atoms with E-state index in [0.717, 1.165) is 0 Å². The van der Waals surface area contributed by atoms with E-state index in [2.05, 4.69) is 141 Å². The third kappa shape index (κ3) is 4.80. The normalized spacial score (nSPS) is 19.5. The summed E-state index contributed by atoms with van der Waals surface area (Å²) in [6.07, 6.45) is 5.13. The van der Waals surface area contributed by atoms with Gasteiger partial charge in [-0.3, -0.25) is 0 Å². The topological polar surface area (TPSA) is 0 Å². The van der Waals surface area contributed by atoms with Gasteiger partial charge in [0.15, 0.2) is 0 Å². The van der Waals surface area contributed by atoms with Crippen molar-refractivity contribution in [1.82, 2.24) is 0 Å². The van der Waals surface area contributed by atoms with Crippen LogP contribution in [0.25, 0.3) is 32.7 Å². The predicted octanol–water partition coefficient (Wildman–Crippen LogP) is 10.5. The molecule has 4 aromatic rings. The monoisotopic (exact) mass is 660 g/mol. The molecular formula is C36H40Cl2SiZr. The smallest absolute Gasteiger partial charge is 0.147 e. The van der Waals surface area contributed by atoms with Crippen molar-refractivity contribution in [2.24, 2.45) is 11.8 Å². The fourth-order valence-corrected chi connectivity index (χ4v) is 30.0. The van der Waals surface area contributed by atoms with Gasteiger partial charge in [0.2, 0.25) is 0 Å². The molecule has 2 aliphatic rings. The Balaban J connectivity index is 0.00000185. The van der Waals surface area contributed by atoms with E-state index in [4.69, 9.17) is 0 Å². The number of allylic oxidation sites excluding steroid dienone is 8. The van der Waals surface area contributed by atoms with Gasteiger partial charge in [-0.05, 0) is 0 Å². The molecule has 0 radical (unpaired) electrons. The van der Waals surface area contributed by atoms with E-state index in [-0.39, 0.29) is 24.8 Å². The maximum atomic E-state index is 2.70. The summed E-state index contributed by atoms with van der Waals surface area (Å²) in [6.45, 7) is 12.1. The first-order valence-corrected chi connectivity index (χ1v) is 27.3. The molecule has 4 heteroatoms. The van der Waals surface area contributed by atoms with Crippen molar-refractivity contribution in [2.45, 2.75) is 37.0 Å². The molecule has 0 aromatic heterocycles. The average Bonchev–Trinajstić information content (AvgIpc) is 3.37. The Morgan fingerprint density at radius 3 is 1.30 bits per heavy atom. The number of benzene rings is 4. The van der Waals surface area contributed by atoms with Gasteiger partial charge in [0.05, 0.1) is 0 Å². The summed E-state index contributed by atoms with van der Waals surface area (Å²) >= 11 is -3.55. The van der Waals surface area contributed by atoms with Gasteiger partial charge in [0.1, 0.15) is 0 Å². The third-order valence-electron chi connectivity index (χ3n) is 9.25. The summed E-state index contributed by atoms with van der Waals surface area (Å²) in [7, 11) is 0. The third-order valence-corrected chi connectivity index (χ3v) is 26.3. The first-order valence-electron chi connectivity index (χ1n) is 14.0. The fraction of sp³-hybridized carbons (Fsp3) is 0.222. The standard InChI is InChI=1S/2C17H15.2CH3.2ClH.H2Si.Zr/c2*1-12-10-13(2)17(11-12)16-9-5-7-14-6-3-4-8-15(14)16;;;;;;/h2*3-9,11-12H,1-2H3;2*1H3;2*1H;1H2;. The number of hydrogen-bond donors (Lipinski definition) is 0. The Bertz CT molecular complexity index is 1710. The van der Waals surface area contributed by atoms with Gasteiger partial charge < -0.3 is 0 Å². The van der Waals surface area contributed by atoms with Gasteiger partial charge in [0.25, 0.3) is 0 Å². The van der Waals surface area contributed by atoms with Crippen molar-refractivity contribution < 1.29 is 17.4 Å². The zero-order chi connectivity index (χ0) is 26.8. The van der Waals surface area contributed by atoms with Crippen molar-refractivity contribution in [2.75, 3.05) is 0 Å². The van der Waals surface area contributed by atoms with Gasteiger partial charge in [0, 0.05) is 0 Å². The summed E-state index contributed by atoms with van der Waals surface area (Å²) < 4.78 is 8.93. The Labute approximate surface area is 254 Å². The Hall–Kier alpha value is -1.96. The summed E-state index contributed by atoms with van der Waals surface area (Å²) in [5.41, 5.74) is 8.74. The zero-order valence-corrected chi connectivity index (χ0v) is 29.9. The number of hydrogen-bond acceptors (Lipinski definition) is 0. The molecule has 2 atom stereocenters. The minimum atomic E-state index is -3.55. The summed E-state index contributed by atoms with van der Waals surface area (Å²) in [5, 5.41) is 5.36. The van der Waals surface area contributed by atoms with E-state index >= 15 is 0 Å². The molecule has 0 bridgehead atoms. The van der Waals surface area contributed by atoms with Crippen molar-refractivity contribution in [1.29, 1.82) is 0 Å². The van der Waals surface area contributed by atoms with Crippen LogP contribution in [0.15, 0.2) is 115 Å². The SMILES string of the molecule is CC1=[C]([Zr]([CH3])([CH3])(=[SiH2])[C]2=C(C)C(c3cccc4ccccc34)=CC2C)C(C)C=C1c1cccc2ccccc12.Cl.Cl. The minimum absolute atomic E-state index is 0. The molecule has 0 fully saturated rings. The number of halogens is 2. The molecule has 0 heterocycles. The van der Waals surface area contributed by atoms with Gasteiger partial charge in [-0.15, -0.1) is 24.8 Å². The van der Waals surface area contributed by atoms with Crippen LogP contribution in [0.3, 0.4) is 0 Å². The Morgan fingerprint density at radius 1 is 0.550 bits per heavy atom. The van der Waals surface area contributed by atoms with E-state index < -0.39 is 17.4 Å². The van der Waals surface area contributed by atoms with Gasteiger partial charge in [-0.1, -0.05) is 0 Å². The van der Waals surface area contributed by atoms with E-state index in [1.54, 1.807) is 6.56 Å². The summed E-state index contributed by atoms with van der Waals surface area (Å²) in [6, 6.07) is 31.2. The molecule has 0 nitrogen and oxygen atoms in total. The molecule has 206 valence electrons.